The van der Waals surface area contributed by atoms with Crippen LogP contribution in [0.5, 0.6) is 0 Å². The van der Waals surface area contributed by atoms with Crippen LogP contribution in [0.4, 0.5) is 4.39 Å². The molecule has 3 heteroatoms. The summed E-state index contributed by atoms with van der Waals surface area (Å²) in [6.45, 7) is 5.00. The second kappa shape index (κ2) is 10.4. The van der Waals surface area contributed by atoms with Crippen molar-refractivity contribution in [3.63, 3.8) is 0 Å². The Labute approximate surface area is 55.4 Å². The number of nitrogens with one attached hydrogen (secondary N) is 1. The molecule has 1 amide bonds. The molecule has 1 N–H and O–H groups in total. The van der Waals surface area contributed by atoms with Crippen molar-refractivity contribution in [2.45, 2.75) is 20.8 Å². The molecule has 0 radical (unpaired) electrons. The molecular formula is C6H14FNO. The fraction of sp³-hybridized carbons (Fsp3) is 0.833. The summed E-state index contributed by atoms with van der Waals surface area (Å²) >= 11 is 0. The number of amides is 1. The van der Waals surface area contributed by atoms with E-state index in [0.717, 1.165) is 0 Å². The average Bonchev–Trinajstić information content (AvgIpc) is 1.88. The quantitative estimate of drug-likeness (QED) is 0.604. The summed E-state index contributed by atoms with van der Waals surface area (Å²) in [5.74, 6) is -0.183. The summed E-state index contributed by atoms with van der Waals surface area (Å²) in [6.07, 6.45) is 0. The van der Waals surface area contributed by atoms with Gasteiger partial charge < -0.3 is 5.32 Å². The molecule has 0 rings (SSSR count). The van der Waals surface area contributed by atoms with Gasteiger partial charge in [0.1, 0.15) is 6.67 Å². The minimum atomic E-state index is -0.487. The predicted molar refractivity (Wildman–Crippen MR) is 36.0 cm³/mol. The van der Waals surface area contributed by atoms with Crippen molar-refractivity contribution in [2.24, 2.45) is 0 Å². The van der Waals surface area contributed by atoms with Crippen LogP contribution in [0, 0.1) is 0 Å². The molecule has 0 aliphatic carbocycles. The van der Waals surface area contributed by atoms with E-state index in [1.807, 2.05) is 13.8 Å². The zero-order valence-corrected chi connectivity index (χ0v) is 6.20. The van der Waals surface area contributed by atoms with E-state index < -0.39 is 6.67 Å². The van der Waals surface area contributed by atoms with Gasteiger partial charge in [0, 0.05) is 13.5 Å². The van der Waals surface area contributed by atoms with Crippen molar-refractivity contribution in [1.82, 2.24) is 5.32 Å². The number of hydrogen-bond donors (Lipinski definition) is 1. The lowest BCUT2D eigenvalue weighted by Gasteiger charge is -1.91. The monoisotopic (exact) mass is 135 g/mol. The second-order valence-corrected chi connectivity index (χ2v) is 1.17. The minimum absolute atomic E-state index is 0.134. The molecule has 56 valence electrons. The highest BCUT2D eigenvalue weighted by Crippen LogP contribution is 1.62. The molecule has 0 spiro atoms. The Balaban J connectivity index is 0. The summed E-state index contributed by atoms with van der Waals surface area (Å²) < 4.78 is 11.1. The third-order valence-corrected chi connectivity index (χ3v) is 0.468. The molecule has 0 saturated heterocycles. The zero-order valence-electron chi connectivity index (χ0n) is 6.20. The standard InChI is InChI=1S/C4H8FNO.C2H6/c1-4(7)6-3-2-5;1-2/h2-3H2,1H3,(H,6,7);1-2H3. The smallest absolute Gasteiger partial charge is 0.216 e. The van der Waals surface area contributed by atoms with Gasteiger partial charge >= 0.3 is 0 Å². The number of carbonyl (C=O) groups is 1. The van der Waals surface area contributed by atoms with Crippen LogP contribution in [0.3, 0.4) is 0 Å². The Bertz CT molecular complexity index is 66.1. The Morgan fingerprint density at radius 2 is 2.00 bits per heavy atom. The number of alkyl halides is 1. The van der Waals surface area contributed by atoms with E-state index in [1.54, 1.807) is 0 Å². The van der Waals surface area contributed by atoms with Crippen LogP contribution in [0.1, 0.15) is 20.8 Å². The van der Waals surface area contributed by atoms with Crippen LogP contribution in [-0.4, -0.2) is 19.1 Å². The van der Waals surface area contributed by atoms with Gasteiger partial charge in [-0.05, 0) is 0 Å². The first-order valence-electron chi connectivity index (χ1n) is 3.07. The van der Waals surface area contributed by atoms with Crippen molar-refractivity contribution in [2.75, 3.05) is 13.2 Å². The van der Waals surface area contributed by atoms with Crippen molar-refractivity contribution < 1.29 is 9.18 Å². The van der Waals surface area contributed by atoms with E-state index in [-0.39, 0.29) is 12.5 Å². The summed E-state index contributed by atoms with van der Waals surface area (Å²) in [5, 5.41) is 2.28. The summed E-state index contributed by atoms with van der Waals surface area (Å²) in [5.41, 5.74) is 0. The Morgan fingerprint density at radius 3 is 2.11 bits per heavy atom. The Hall–Kier alpha value is -0.600. The fourth-order valence-corrected chi connectivity index (χ4v) is 0.223. The first kappa shape index (κ1) is 11.2. The summed E-state index contributed by atoms with van der Waals surface area (Å²) in [4.78, 5) is 9.92. The van der Waals surface area contributed by atoms with Gasteiger partial charge in [-0.1, -0.05) is 13.8 Å². The Kier molecular flexibility index (Phi) is 13.0. The number of hydrogen-bond acceptors (Lipinski definition) is 1. The topological polar surface area (TPSA) is 29.1 Å². The van der Waals surface area contributed by atoms with Crippen LogP contribution in [0.15, 0.2) is 0 Å². The van der Waals surface area contributed by atoms with Crippen molar-refractivity contribution >= 4 is 5.91 Å². The average molecular weight is 135 g/mol. The highest BCUT2D eigenvalue weighted by Gasteiger charge is 1.84. The predicted octanol–water partition coefficient (Wildman–Crippen LogP) is 1.12. The van der Waals surface area contributed by atoms with Crippen LogP contribution in [0.25, 0.3) is 0 Å². The summed E-state index contributed by atoms with van der Waals surface area (Å²) in [7, 11) is 0. The third-order valence-electron chi connectivity index (χ3n) is 0.468. The van der Waals surface area contributed by atoms with Gasteiger partial charge in [0.05, 0.1) is 0 Å². The lowest BCUT2D eigenvalue weighted by atomic mass is 10.6. The normalized spacial score (nSPS) is 7.11. The molecule has 2 nitrogen and oxygen atoms in total. The molecule has 0 unspecified atom stereocenters. The third kappa shape index (κ3) is 18.7. The van der Waals surface area contributed by atoms with Crippen LogP contribution in [0.2, 0.25) is 0 Å². The number of carbonyl (C=O) groups excluding carboxylic acids is 1. The maximum Gasteiger partial charge on any atom is 0.216 e. The Morgan fingerprint density at radius 1 is 1.56 bits per heavy atom. The van der Waals surface area contributed by atoms with Gasteiger partial charge in [0.2, 0.25) is 5.91 Å². The van der Waals surface area contributed by atoms with E-state index in [1.165, 1.54) is 6.92 Å². The zero-order chi connectivity index (χ0) is 7.70. The van der Waals surface area contributed by atoms with E-state index in [9.17, 15) is 9.18 Å². The maximum atomic E-state index is 11.1. The van der Waals surface area contributed by atoms with Gasteiger partial charge in [0.25, 0.3) is 0 Å². The van der Waals surface area contributed by atoms with E-state index in [4.69, 9.17) is 0 Å². The SMILES string of the molecule is CC.CC(=O)NCCF. The maximum absolute atomic E-state index is 11.1. The lowest BCUT2D eigenvalue weighted by molar-refractivity contribution is -0.119. The molecule has 0 saturated carbocycles. The molecule has 0 aromatic carbocycles. The molecule has 0 atom stereocenters. The molecule has 0 fully saturated rings. The molecule has 0 heterocycles. The largest absolute Gasteiger partial charge is 0.354 e. The van der Waals surface area contributed by atoms with E-state index in [2.05, 4.69) is 5.32 Å². The molecule has 0 aromatic heterocycles. The van der Waals surface area contributed by atoms with E-state index >= 15 is 0 Å². The van der Waals surface area contributed by atoms with Gasteiger partial charge in [-0.25, -0.2) is 4.39 Å². The van der Waals surface area contributed by atoms with Crippen molar-refractivity contribution in [3.05, 3.63) is 0 Å². The molecule has 9 heavy (non-hydrogen) atoms. The first-order chi connectivity index (χ1) is 4.27. The number of rotatable bonds is 2. The van der Waals surface area contributed by atoms with Gasteiger partial charge in [-0.2, -0.15) is 0 Å². The van der Waals surface area contributed by atoms with Crippen LogP contribution < -0.4 is 5.32 Å². The molecule has 0 aliphatic heterocycles. The minimum Gasteiger partial charge on any atom is -0.354 e. The van der Waals surface area contributed by atoms with Crippen molar-refractivity contribution in [3.8, 4) is 0 Å². The fourth-order valence-electron chi connectivity index (χ4n) is 0.223. The summed E-state index contributed by atoms with van der Waals surface area (Å²) in [6, 6.07) is 0. The first-order valence-corrected chi connectivity index (χ1v) is 3.07. The van der Waals surface area contributed by atoms with Gasteiger partial charge in [-0.15, -0.1) is 0 Å². The highest BCUT2D eigenvalue weighted by molar-refractivity contribution is 5.72. The second-order valence-electron chi connectivity index (χ2n) is 1.17. The van der Waals surface area contributed by atoms with Crippen LogP contribution in [-0.2, 0) is 4.79 Å². The van der Waals surface area contributed by atoms with E-state index in [0.29, 0.717) is 0 Å². The molecule has 0 aromatic rings. The van der Waals surface area contributed by atoms with Crippen LogP contribution >= 0.6 is 0 Å². The van der Waals surface area contributed by atoms with Gasteiger partial charge in [0.15, 0.2) is 0 Å². The molecule has 0 aliphatic rings. The van der Waals surface area contributed by atoms with Crippen molar-refractivity contribution in [1.29, 1.82) is 0 Å². The lowest BCUT2D eigenvalue weighted by Crippen LogP contribution is -2.21. The number of halogens is 1. The molecular weight excluding hydrogens is 121 g/mol. The highest BCUT2D eigenvalue weighted by atomic mass is 19.1. The van der Waals surface area contributed by atoms with Gasteiger partial charge in [-0.3, -0.25) is 4.79 Å². The molecule has 0 bridgehead atoms.